The minimum absolute atomic E-state index is 0.0296. The lowest BCUT2D eigenvalue weighted by Gasteiger charge is -2.29. The van der Waals surface area contributed by atoms with E-state index in [4.69, 9.17) is 9.84 Å². The molecule has 1 aliphatic rings. The molecule has 0 aromatic heterocycles. The highest BCUT2D eigenvalue weighted by Gasteiger charge is 2.25. The summed E-state index contributed by atoms with van der Waals surface area (Å²) < 4.78 is 5.60. The summed E-state index contributed by atoms with van der Waals surface area (Å²) >= 11 is 0. The van der Waals surface area contributed by atoms with Crippen LogP contribution in [0.15, 0.2) is 24.3 Å². The Kier molecular flexibility index (Phi) is 7.88. The van der Waals surface area contributed by atoms with Gasteiger partial charge in [0.15, 0.2) is 0 Å². The Morgan fingerprint density at radius 3 is 2.56 bits per heavy atom. The molecule has 1 saturated heterocycles. The van der Waals surface area contributed by atoms with Gasteiger partial charge in [0.05, 0.1) is 19.1 Å². The molecule has 1 heterocycles. The van der Waals surface area contributed by atoms with E-state index in [1.165, 1.54) is 0 Å². The number of rotatable bonds is 9. The minimum Gasteiger partial charge on any atom is -0.481 e. The van der Waals surface area contributed by atoms with E-state index in [1.807, 2.05) is 29.2 Å². The number of hydrogen-bond acceptors (Lipinski definition) is 4. The fraction of sp³-hybridized carbons (Fsp3) is 0.579. The number of carboxylic acids is 1. The summed E-state index contributed by atoms with van der Waals surface area (Å²) in [5, 5.41) is 12.0. The second-order valence-corrected chi connectivity index (χ2v) is 6.49. The molecule has 0 saturated carbocycles. The predicted molar refractivity (Wildman–Crippen MR) is 95.0 cm³/mol. The fourth-order valence-corrected chi connectivity index (χ4v) is 2.99. The average Bonchev–Trinajstić information content (AvgIpc) is 2.61. The zero-order chi connectivity index (χ0) is 18.1. The molecule has 0 unspecified atom stereocenters. The maximum absolute atomic E-state index is 12.2. The number of amides is 1. The van der Waals surface area contributed by atoms with E-state index in [9.17, 15) is 9.59 Å². The molecule has 0 atom stereocenters. The molecule has 6 heteroatoms. The number of nitrogens with one attached hydrogen (secondary N) is 1. The monoisotopic (exact) mass is 348 g/mol. The van der Waals surface area contributed by atoms with E-state index in [0.717, 1.165) is 24.2 Å². The van der Waals surface area contributed by atoms with E-state index < -0.39 is 5.97 Å². The van der Waals surface area contributed by atoms with Crippen molar-refractivity contribution in [3.8, 4) is 0 Å². The highest BCUT2D eigenvalue weighted by atomic mass is 16.5. The van der Waals surface area contributed by atoms with Crippen LogP contribution < -0.4 is 5.32 Å². The lowest BCUT2D eigenvalue weighted by atomic mass is 9.97. The molecule has 0 spiro atoms. The Bertz CT molecular complexity index is 568. The molecule has 0 aliphatic carbocycles. The first-order chi connectivity index (χ1) is 12.1. The van der Waals surface area contributed by atoms with Crippen LogP contribution in [0.3, 0.4) is 0 Å². The second kappa shape index (κ2) is 10.2. The Morgan fingerprint density at radius 2 is 1.92 bits per heavy atom. The lowest BCUT2D eigenvalue weighted by molar-refractivity contribution is -0.143. The Hall–Kier alpha value is -1.92. The standard InChI is InChI=1S/C19H28N2O4/c1-2-11-25-14-17-6-4-3-5-16(17)12-20-18(22)13-21-9-7-15(8-10-21)19(23)24/h3-6,15H,2,7-14H2,1H3,(H,20,22)(H,23,24). The Balaban J connectivity index is 1.76. The number of carbonyl (C=O) groups is 2. The van der Waals surface area contributed by atoms with Crippen LogP contribution in [-0.2, 0) is 27.5 Å². The van der Waals surface area contributed by atoms with E-state index in [2.05, 4.69) is 12.2 Å². The first-order valence-electron chi connectivity index (χ1n) is 8.96. The van der Waals surface area contributed by atoms with Crippen LogP contribution in [0.25, 0.3) is 0 Å². The summed E-state index contributed by atoms with van der Waals surface area (Å²) in [6.07, 6.45) is 2.21. The minimum atomic E-state index is -0.731. The number of aliphatic carboxylic acids is 1. The van der Waals surface area contributed by atoms with Gasteiger partial charge in [0, 0.05) is 13.2 Å². The van der Waals surface area contributed by atoms with Gasteiger partial charge in [0.25, 0.3) is 0 Å². The Labute approximate surface area is 149 Å². The third-order valence-electron chi connectivity index (χ3n) is 4.50. The van der Waals surface area contributed by atoms with Gasteiger partial charge in [-0.2, -0.15) is 0 Å². The van der Waals surface area contributed by atoms with Gasteiger partial charge >= 0.3 is 5.97 Å². The van der Waals surface area contributed by atoms with Gasteiger partial charge in [0.2, 0.25) is 5.91 Å². The first kappa shape index (κ1) is 19.4. The second-order valence-electron chi connectivity index (χ2n) is 6.49. The largest absolute Gasteiger partial charge is 0.481 e. The number of ether oxygens (including phenoxy) is 1. The summed E-state index contributed by atoms with van der Waals surface area (Å²) in [5.41, 5.74) is 2.16. The van der Waals surface area contributed by atoms with Crippen molar-refractivity contribution in [2.75, 3.05) is 26.2 Å². The summed E-state index contributed by atoms with van der Waals surface area (Å²) in [7, 11) is 0. The van der Waals surface area contributed by atoms with Gasteiger partial charge in [-0.15, -0.1) is 0 Å². The number of hydrogen-bond donors (Lipinski definition) is 2. The highest BCUT2D eigenvalue weighted by Crippen LogP contribution is 2.17. The molecular formula is C19H28N2O4. The van der Waals surface area contributed by atoms with Crippen LogP contribution in [-0.4, -0.2) is 48.1 Å². The summed E-state index contributed by atoms with van der Waals surface area (Å²) in [6, 6.07) is 7.96. The van der Waals surface area contributed by atoms with E-state index in [0.29, 0.717) is 45.6 Å². The van der Waals surface area contributed by atoms with Gasteiger partial charge in [-0.25, -0.2) is 0 Å². The zero-order valence-corrected chi connectivity index (χ0v) is 14.9. The van der Waals surface area contributed by atoms with Crippen LogP contribution in [0.5, 0.6) is 0 Å². The topological polar surface area (TPSA) is 78.9 Å². The van der Waals surface area contributed by atoms with Crippen molar-refractivity contribution < 1.29 is 19.4 Å². The smallest absolute Gasteiger partial charge is 0.306 e. The first-order valence-corrected chi connectivity index (χ1v) is 8.96. The number of carbonyl (C=O) groups excluding carboxylic acids is 1. The summed E-state index contributed by atoms with van der Waals surface area (Å²) in [4.78, 5) is 25.2. The third-order valence-corrected chi connectivity index (χ3v) is 4.50. The van der Waals surface area contributed by atoms with Crippen molar-refractivity contribution >= 4 is 11.9 Å². The van der Waals surface area contributed by atoms with Gasteiger partial charge in [-0.05, 0) is 43.5 Å². The summed E-state index contributed by atoms with van der Waals surface area (Å²) in [6.45, 7) is 5.48. The van der Waals surface area contributed by atoms with E-state index >= 15 is 0 Å². The van der Waals surface area contributed by atoms with Gasteiger partial charge < -0.3 is 15.2 Å². The predicted octanol–water partition coefficient (Wildman–Crippen LogP) is 2.03. The summed E-state index contributed by atoms with van der Waals surface area (Å²) in [5.74, 6) is -1.03. The zero-order valence-electron chi connectivity index (χ0n) is 14.9. The number of nitrogens with zero attached hydrogens (tertiary/aromatic N) is 1. The molecule has 138 valence electrons. The van der Waals surface area contributed by atoms with Gasteiger partial charge in [-0.1, -0.05) is 31.2 Å². The molecule has 1 aromatic rings. The van der Waals surface area contributed by atoms with Crippen molar-refractivity contribution in [2.45, 2.75) is 39.3 Å². The quantitative estimate of drug-likeness (QED) is 0.668. The van der Waals surface area contributed by atoms with Crippen molar-refractivity contribution in [2.24, 2.45) is 5.92 Å². The molecule has 25 heavy (non-hydrogen) atoms. The van der Waals surface area contributed by atoms with Crippen LogP contribution in [0.4, 0.5) is 0 Å². The lowest BCUT2D eigenvalue weighted by Crippen LogP contribution is -2.42. The van der Waals surface area contributed by atoms with Crippen molar-refractivity contribution in [1.29, 1.82) is 0 Å². The molecule has 1 aliphatic heterocycles. The molecule has 1 aromatic carbocycles. The maximum atomic E-state index is 12.2. The fourth-order valence-electron chi connectivity index (χ4n) is 2.99. The number of piperidine rings is 1. The average molecular weight is 348 g/mol. The number of likely N-dealkylation sites (tertiary alicyclic amines) is 1. The molecule has 1 amide bonds. The van der Waals surface area contributed by atoms with Crippen LogP contribution in [0.1, 0.15) is 37.3 Å². The Morgan fingerprint density at radius 1 is 1.24 bits per heavy atom. The van der Waals surface area contributed by atoms with Crippen molar-refractivity contribution in [3.63, 3.8) is 0 Å². The van der Waals surface area contributed by atoms with Crippen LogP contribution >= 0.6 is 0 Å². The van der Waals surface area contributed by atoms with Crippen LogP contribution in [0.2, 0.25) is 0 Å². The molecule has 0 bridgehead atoms. The molecule has 0 radical (unpaired) electrons. The molecule has 2 N–H and O–H groups in total. The SMILES string of the molecule is CCCOCc1ccccc1CNC(=O)CN1CCC(C(=O)O)CC1. The van der Waals surface area contributed by atoms with Crippen LogP contribution in [0, 0.1) is 5.92 Å². The van der Waals surface area contributed by atoms with Gasteiger partial charge in [-0.3, -0.25) is 14.5 Å². The molecule has 6 nitrogen and oxygen atoms in total. The third kappa shape index (κ3) is 6.48. The van der Waals surface area contributed by atoms with Gasteiger partial charge in [0.1, 0.15) is 0 Å². The van der Waals surface area contributed by atoms with Crippen molar-refractivity contribution in [3.05, 3.63) is 35.4 Å². The highest BCUT2D eigenvalue weighted by molar-refractivity contribution is 5.78. The normalized spacial score (nSPS) is 15.9. The van der Waals surface area contributed by atoms with Crippen molar-refractivity contribution in [1.82, 2.24) is 10.2 Å². The van der Waals surface area contributed by atoms with E-state index in [1.54, 1.807) is 0 Å². The molecule has 2 rings (SSSR count). The molecular weight excluding hydrogens is 320 g/mol. The number of benzene rings is 1. The van der Waals surface area contributed by atoms with E-state index in [-0.39, 0.29) is 11.8 Å². The number of carboxylic acid groups (broad SMARTS) is 1. The maximum Gasteiger partial charge on any atom is 0.306 e. The molecule has 1 fully saturated rings.